The first-order chi connectivity index (χ1) is 9.58. The number of aryl methyl sites for hydroxylation is 1. The smallest absolute Gasteiger partial charge is 0.295 e. The molecular formula is C15H21FN2O2. The van der Waals surface area contributed by atoms with Gasteiger partial charge < -0.3 is 5.32 Å². The topological polar surface area (TPSA) is 55.2 Å². The van der Waals surface area contributed by atoms with Crippen molar-refractivity contribution in [2.45, 2.75) is 57.9 Å². The molecule has 1 saturated carbocycles. The lowest BCUT2D eigenvalue weighted by Crippen LogP contribution is -2.21. The molecule has 20 heavy (non-hydrogen) atoms. The summed E-state index contributed by atoms with van der Waals surface area (Å²) in [6.07, 6.45) is 8.06. The SMILES string of the molecule is Cc1cc(NC2CCCCCCC2)c([N+](=O)[O-])cc1F. The number of halogens is 1. The van der Waals surface area contributed by atoms with E-state index in [0.717, 1.165) is 31.7 Å². The van der Waals surface area contributed by atoms with Crippen molar-refractivity contribution in [1.29, 1.82) is 0 Å². The predicted octanol–water partition coefficient (Wildman–Crippen LogP) is 4.57. The fraction of sp³-hybridized carbons (Fsp3) is 0.600. The average Bonchev–Trinajstić information content (AvgIpc) is 2.36. The third-order valence-electron chi connectivity index (χ3n) is 3.94. The van der Waals surface area contributed by atoms with Crippen LogP contribution in [0.5, 0.6) is 0 Å². The molecule has 0 bridgehead atoms. The van der Waals surface area contributed by atoms with Gasteiger partial charge >= 0.3 is 0 Å². The van der Waals surface area contributed by atoms with Gasteiger partial charge in [-0.25, -0.2) is 4.39 Å². The number of rotatable bonds is 3. The molecule has 0 spiro atoms. The van der Waals surface area contributed by atoms with Gasteiger partial charge in [0, 0.05) is 6.04 Å². The normalized spacial score (nSPS) is 17.3. The third kappa shape index (κ3) is 3.68. The van der Waals surface area contributed by atoms with Crippen LogP contribution in [0.4, 0.5) is 15.8 Å². The molecule has 1 N–H and O–H groups in total. The molecule has 2 rings (SSSR count). The molecule has 1 fully saturated rings. The maximum absolute atomic E-state index is 13.5. The Morgan fingerprint density at radius 2 is 1.80 bits per heavy atom. The van der Waals surface area contributed by atoms with Crippen LogP contribution in [-0.4, -0.2) is 11.0 Å². The van der Waals surface area contributed by atoms with E-state index >= 15 is 0 Å². The maximum Gasteiger partial charge on any atom is 0.295 e. The summed E-state index contributed by atoms with van der Waals surface area (Å²) in [6.45, 7) is 1.63. The fourth-order valence-electron chi connectivity index (χ4n) is 2.76. The summed E-state index contributed by atoms with van der Waals surface area (Å²) in [5.41, 5.74) is 0.707. The largest absolute Gasteiger partial charge is 0.377 e. The Morgan fingerprint density at radius 3 is 2.40 bits per heavy atom. The molecule has 0 unspecified atom stereocenters. The van der Waals surface area contributed by atoms with Crippen molar-refractivity contribution in [3.63, 3.8) is 0 Å². The number of hydrogen-bond acceptors (Lipinski definition) is 3. The molecule has 0 aromatic heterocycles. The highest BCUT2D eigenvalue weighted by atomic mass is 19.1. The second-order valence-electron chi connectivity index (χ2n) is 5.56. The number of nitrogens with one attached hydrogen (secondary N) is 1. The van der Waals surface area contributed by atoms with Crippen LogP contribution in [0.3, 0.4) is 0 Å². The molecule has 110 valence electrons. The van der Waals surface area contributed by atoms with E-state index in [4.69, 9.17) is 0 Å². The van der Waals surface area contributed by atoms with Gasteiger partial charge in [-0.1, -0.05) is 32.1 Å². The van der Waals surface area contributed by atoms with E-state index in [9.17, 15) is 14.5 Å². The van der Waals surface area contributed by atoms with E-state index < -0.39 is 10.7 Å². The van der Waals surface area contributed by atoms with Crippen molar-refractivity contribution < 1.29 is 9.31 Å². The summed E-state index contributed by atoms with van der Waals surface area (Å²) in [5, 5.41) is 14.3. The first-order valence-corrected chi connectivity index (χ1v) is 7.29. The molecule has 1 aliphatic rings. The highest BCUT2D eigenvalue weighted by molar-refractivity contribution is 5.63. The molecule has 0 radical (unpaired) electrons. The van der Waals surface area contributed by atoms with Gasteiger partial charge in [0.2, 0.25) is 0 Å². The summed E-state index contributed by atoms with van der Waals surface area (Å²) >= 11 is 0. The van der Waals surface area contributed by atoms with Crippen molar-refractivity contribution in [3.05, 3.63) is 33.6 Å². The minimum absolute atomic E-state index is 0.171. The lowest BCUT2D eigenvalue weighted by atomic mass is 9.96. The van der Waals surface area contributed by atoms with Gasteiger partial charge in [-0.3, -0.25) is 10.1 Å². The maximum atomic E-state index is 13.5. The van der Waals surface area contributed by atoms with E-state index in [2.05, 4.69) is 5.32 Å². The van der Waals surface area contributed by atoms with Gasteiger partial charge in [0.05, 0.1) is 11.0 Å². The average molecular weight is 280 g/mol. The van der Waals surface area contributed by atoms with Crippen LogP contribution in [0.15, 0.2) is 12.1 Å². The molecular weight excluding hydrogens is 259 g/mol. The highest BCUT2D eigenvalue weighted by Crippen LogP contribution is 2.30. The molecule has 1 aliphatic carbocycles. The van der Waals surface area contributed by atoms with Crippen molar-refractivity contribution in [2.24, 2.45) is 0 Å². The summed E-state index contributed by atoms with van der Waals surface area (Å²) in [6, 6.07) is 2.81. The van der Waals surface area contributed by atoms with Gasteiger partial charge in [-0.05, 0) is 31.4 Å². The van der Waals surface area contributed by atoms with Crippen molar-refractivity contribution in [2.75, 3.05) is 5.32 Å². The first kappa shape index (κ1) is 14.8. The second kappa shape index (κ2) is 6.68. The zero-order valence-corrected chi connectivity index (χ0v) is 11.8. The summed E-state index contributed by atoms with van der Waals surface area (Å²) in [5.74, 6) is -0.528. The van der Waals surface area contributed by atoms with Gasteiger partial charge in [0.1, 0.15) is 11.5 Å². The van der Waals surface area contributed by atoms with Crippen molar-refractivity contribution >= 4 is 11.4 Å². The predicted molar refractivity (Wildman–Crippen MR) is 77.5 cm³/mol. The van der Waals surface area contributed by atoms with Crippen LogP contribution in [-0.2, 0) is 0 Å². The van der Waals surface area contributed by atoms with Gasteiger partial charge in [-0.15, -0.1) is 0 Å². The zero-order chi connectivity index (χ0) is 14.5. The standard InChI is InChI=1S/C15H21FN2O2/c1-11-9-14(15(18(19)20)10-13(11)16)17-12-7-5-3-2-4-6-8-12/h9-10,12,17H,2-8H2,1H3. The Balaban J connectivity index is 2.18. The lowest BCUT2D eigenvalue weighted by molar-refractivity contribution is -0.384. The van der Waals surface area contributed by atoms with E-state index in [1.165, 1.54) is 19.3 Å². The van der Waals surface area contributed by atoms with Crippen LogP contribution in [0, 0.1) is 22.9 Å². The van der Waals surface area contributed by atoms with Crippen LogP contribution in [0.2, 0.25) is 0 Å². The Morgan fingerprint density at radius 1 is 1.20 bits per heavy atom. The number of hydrogen-bond donors (Lipinski definition) is 1. The van der Waals surface area contributed by atoms with E-state index in [-0.39, 0.29) is 11.7 Å². The molecule has 4 nitrogen and oxygen atoms in total. The fourth-order valence-corrected chi connectivity index (χ4v) is 2.76. The first-order valence-electron chi connectivity index (χ1n) is 7.29. The van der Waals surface area contributed by atoms with E-state index in [0.29, 0.717) is 11.3 Å². The van der Waals surface area contributed by atoms with Crippen LogP contribution >= 0.6 is 0 Å². The number of nitro groups is 1. The van der Waals surface area contributed by atoms with Crippen molar-refractivity contribution in [3.8, 4) is 0 Å². The molecule has 1 aromatic carbocycles. The lowest BCUT2D eigenvalue weighted by Gasteiger charge is -2.22. The monoisotopic (exact) mass is 280 g/mol. The number of nitro benzene ring substituents is 1. The highest BCUT2D eigenvalue weighted by Gasteiger charge is 2.20. The Hall–Kier alpha value is -1.65. The van der Waals surface area contributed by atoms with Gasteiger partial charge in [-0.2, -0.15) is 0 Å². The minimum atomic E-state index is -0.528. The molecule has 0 atom stereocenters. The summed E-state index contributed by atoms with van der Waals surface area (Å²) in [7, 11) is 0. The van der Waals surface area contributed by atoms with Crippen LogP contribution in [0.1, 0.15) is 50.5 Å². The third-order valence-corrected chi connectivity index (χ3v) is 3.94. The molecule has 1 aromatic rings. The second-order valence-corrected chi connectivity index (χ2v) is 5.56. The Bertz CT molecular complexity index is 483. The van der Waals surface area contributed by atoms with E-state index in [1.807, 2.05) is 0 Å². The molecule has 0 amide bonds. The van der Waals surface area contributed by atoms with E-state index in [1.54, 1.807) is 13.0 Å². The van der Waals surface area contributed by atoms with Crippen molar-refractivity contribution in [1.82, 2.24) is 0 Å². The number of nitrogens with zero attached hydrogens (tertiary/aromatic N) is 1. The Labute approximate surface area is 118 Å². The molecule has 0 aliphatic heterocycles. The molecule has 0 saturated heterocycles. The number of benzene rings is 1. The Kier molecular flexibility index (Phi) is 4.93. The van der Waals surface area contributed by atoms with Crippen LogP contribution < -0.4 is 5.32 Å². The quantitative estimate of drug-likeness (QED) is 0.652. The minimum Gasteiger partial charge on any atom is -0.377 e. The summed E-state index contributed by atoms with van der Waals surface area (Å²) < 4.78 is 13.5. The van der Waals surface area contributed by atoms with Gasteiger partial charge in [0.15, 0.2) is 0 Å². The zero-order valence-electron chi connectivity index (χ0n) is 11.8. The van der Waals surface area contributed by atoms with Gasteiger partial charge in [0.25, 0.3) is 5.69 Å². The molecule has 0 heterocycles. The van der Waals surface area contributed by atoms with Crippen LogP contribution in [0.25, 0.3) is 0 Å². The number of anilines is 1. The molecule has 5 heteroatoms. The summed E-state index contributed by atoms with van der Waals surface area (Å²) in [4.78, 5) is 10.5.